The van der Waals surface area contributed by atoms with E-state index in [4.69, 9.17) is 14.7 Å². The molecular weight excluding hydrogens is 340 g/mol. The number of fused-ring (bicyclic) bond motifs is 1. The van der Waals surface area contributed by atoms with Gasteiger partial charge in [0.2, 0.25) is 5.88 Å². The molecule has 128 valence electrons. The molecule has 2 atom stereocenters. The Hall–Kier alpha value is -2.50. The van der Waals surface area contributed by atoms with Crippen molar-refractivity contribution in [1.29, 1.82) is 5.26 Å². The number of hydrogen-bond donors (Lipinski definition) is 0. The maximum absolute atomic E-state index is 12.6. The summed E-state index contributed by atoms with van der Waals surface area (Å²) in [7, 11) is 0. The minimum Gasteiger partial charge on any atom is -0.477 e. The molecule has 8 heteroatoms. The molecule has 2 aliphatic rings. The Morgan fingerprint density at radius 1 is 1.52 bits per heavy atom. The number of hydrogen-bond acceptors (Lipinski definition) is 7. The molecule has 2 aromatic rings. The second kappa shape index (κ2) is 6.43. The van der Waals surface area contributed by atoms with Gasteiger partial charge in [-0.15, -0.1) is 11.3 Å². The lowest BCUT2D eigenvalue weighted by molar-refractivity contribution is 0.0651. The number of thiazole rings is 1. The van der Waals surface area contributed by atoms with Crippen molar-refractivity contribution in [2.24, 2.45) is 11.3 Å². The van der Waals surface area contributed by atoms with Crippen molar-refractivity contribution in [3.63, 3.8) is 0 Å². The average molecular weight is 356 g/mol. The van der Waals surface area contributed by atoms with Crippen molar-refractivity contribution in [2.45, 2.75) is 0 Å². The molecule has 0 saturated carbocycles. The lowest BCUT2D eigenvalue weighted by atomic mass is 9.82. The predicted molar refractivity (Wildman–Crippen MR) is 89.2 cm³/mol. The molecule has 2 saturated heterocycles. The van der Waals surface area contributed by atoms with Gasteiger partial charge in [0.15, 0.2) is 0 Å². The predicted octanol–water partition coefficient (Wildman–Crippen LogP) is 1.58. The fraction of sp³-hybridized carbons (Fsp3) is 0.412. The molecule has 1 amide bonds. The highest BCUT2D eigenvalue weighted by atomic mass is 32.1. The summed E-state index contributed by atoms with van der Waals surface area (Å²) in [6.07, 6.45) is 1.49. The molecule has 0 N–H and O–H groups in total. The molecule has 2 aliphatic heterocycles. The maximum Gasteiger partial charge on any atom is 0.273 e. The highest BCUT2D eigenvalue weighted by molar-refractivity contribution is 7.07. The van der Waals surface area contributed by atoms with Crippen LogP contribution in [0.4, 0.5) is 0 Å². The number of likely N-dealkylation sites (tertiary alicyclic amines) is 1. The SMILES string of the molecule is N#Cc1ccc(OC[C@@]23COC[C@@H]2CN(C(=O)c2cscn2)C3)nc1. The quantitative estimate of drug-likeness (QED) is 0.826. The third-order valence-corrected chi connectivity index (χ3v) is 5.42. The van der Waals surface area contributed by atoms with E-state index in [1.807, 2.05) is 11.0 Å². The molecule has 0 unspecified atom stereocenters. The van der Waals surface area contributed by atoms with Gasteiger partial charge in [-0.25, -0.2) is 9.97 Å². The van der Waals surface area contributed by atoms with Crippen LogP contribution in [0.3, 0.4) is 0 Å². The fourth-order valence-electron chi connectivity index (χ4n) is 3.42. The number of nitrogens with zero attached hydrogens (tertiary/aromatic N) is 4. The third-order valence-electron chi connectivity index (χ3n) is 4.83. The van der Waals surface area contributed by atoms with Crippen LogP contribution in [0, 0.1) is 22.7 Å². The topological polar surface area (TPSA) is 88.3 Å². The molecule has 25 heavy (non-hydrogen) atoms. The fourth-order valence-corrected chi connectivity index (χ4v) is 3.95. The van der Waals surface area contributed by atoms with Crippen LogP contribution in [0.5, 0.6) is 5.88 Å². The van der Waals surface area contributed by atoms with Crippen molar-refractivity contribution >= 4 is 17.2 Å². The summed E-state index contributed by atoms with van der Waals surface area (Å²) in [6.45, 7) is 2.86. The first-order valence-electron chi connectivity index (χ1n) is 7.94. The van der Waals surface area contributed by atoms with Crippen molar-refractivity contribution < 1.29 is 14.3 Å². The van der Waals surface area contributed by atoms with Crippen molar-refractivity contribution in [2.75, 3.05) is 32.9 Å². The second-order valence-corrected chi connectivity index (χ2v) is 7.14. The van der Waals surface area contributed by atoms with Crippen LogP contribution in [0.2, 0.25) is 0 Å². The average Bonchev–Trinajstić information content (AvgIpc) is 3.35. The van der Waals surface area contributed by atoms with Gasteiger partial charge < -0.3 is 14.4 Å². The summed E-state index contributed by atoms with van der Waals surface area (Å²) in [5.41, 5.74) is 2.44. The second-order valence-electron chi connectivity index (χ2n) is 6.42. The Kier molecular flexibility index (Phi) is 4.11. The highest BCUT2D eigenvalue weighted by Crippen LogP contribution is 2.42. The molecule has 4 rings (SSSR count). The number of nitriles is 1. The van der Waals surface area contributed by atoms with Gasteiger partial charge in [-0.2, -0.15) is 5.26 Å². The van der Waals surface area contributed by atoms with E-state index < -0.39 is 0 Å². The number of ether oxygens (including phenoxy) is 2. The zero-order valence-corrected chi connectivity index (χ0v) is 14.2. The number of carbonyl (C=O) groups is 1. The van der Waals surface area contributed by atoms with Gasteiger partial charge in [0.25, 0.3) is 5.91 Å². The monoisotopic (exact) mass is 356 g/mol. The smallest absolute Gasteiger partial charge is 0.273 e. The van der Waals surface area contributed by atoms with E-state index in [2.05, 4.69) is 9.97 Å². The zero-order chi connectivity index (χ0) is 17.3. The molecule has 4 heterocycles. The van der Waals surface area contributed by atoms with Crippen molar-refractivity contribution in [1.82, 2.24) is 14.9 Å². The van der Waals surface area contributed by atoms with E-state index >= 15 is 0 Å². The van der Waals surface area contributed by atoms with E-state index in [0.717, 1.165) is 0 Å². The molecule has 0 aromatic carbocycles. The van der Waals surface area contributed by atoms with Crippen LogP contribution in [-0.2, 0) is 4.74 Å². The molecule has 2 aromatic heterocycles. The summed E-state index contributed by atoms with van der Waals surface area (Å²) >= 11 is 1.42. The van der Waals surface area contributed by atoms with E-state index in [9.17, 15) is 4.79 Å². The lowest BCUT2D eigenvalue weighted by Crippen LogP contribution is -2.38. The molecule has 0 bridgehead atoms. The third kappa shape index (κ3) is 2.97. The van der Waals surface area contributed by atoms with Gasteiger partial charge >= 0.3 is 0 Å². The number of pyridine rings is 1. The van der Waals surface area contributed by atoms with Gasteiger partial charge in [-0.3, -0.25) is 4.79 Å². The first-order valence-corrected chi connectivity index (χ1v) is 8.89. The Labute approximate surface area is 148 Å². The zero-order valence-electron chi connectivity index (χ0n) is 13.4. The van der Waals surface area contributed by atoms with E-state index in [-0.39, 0.29) is 17.2 Å². The highest BCUT2D eigenvalue weighted by Gasteiger charge is 2.52. The standard InChI is InChI=1S/C17H16N4O3S/c18-3-12-1-2-15(19-4-12)24-10-17-8-21(5-13(17)6-23-9-17)16(22)14-7-25-11-20-14/h1-2,4,7,11,13H,5-6,8-10H2/t13-,17+/m0/s1. The number of carbonyl (C=O) groups excluding carboxylic acids is 1. The number of amides is 1. The Bertz CT molecular complexity index is 802. The van der Waals surface area contributed by atoms with Gasteiger partial charge in [-0.1, -0.05) is 0 Å². The van der Waals surface area contributed by atoms with Crippen LogP contribution < -0.4 is 4.74 Å². The summed E-state index contributed by atoms with van der Waals surface area (Å²) < 4.78 is 11.5. The molecule has 0 aliphatic carbocycles. The van der Waals surface area contributed by atoms with E-state index in [1.54, 1.807) is 23.0 Å². The summed E-state index contributed by atoms with van der Waals surface area (Å²) in [5.74, 6) is 0.684. The summed E-state index contributed by atoms with van der Waals surface area (Å²) in [6, 6.07) is 5.40. The van der Waals surface area contributed by atoms with Gasteiger partial charge in [0.05, 0.1) is 36.3 Å². The van der Waals surface area contributed by atoms with Crippen LogP contribution in [0.15, 0.2) is 29.2 Å². The van der Waals surface area contributed by atoms with Gasteiger partial charge in [0, 0.05) is 36.7 Å². The van der Waals surface area contributed by atoms with E-state index in [1.165, 1.54) is 17.5 Å². The van der Waals surface area contributed by atoms with E-state index in [0.29, 0.717) is 50.0 Å². The molecule has 2 fully saturated rings. The summed E-state index contributed by atoms with van der Waals surface area (Å²) in [5, 5.41) is 10.6. The first kappa shape index (κ1) is 16.0. The van der Waals surface area contributed by atoms with Crippen LogP contribution >= 0.6 is 11.3 Å². The number of aromatic nitrogens is 2. The Morgan fingerprint density at radius 2 is 2.44 bits per heavy atom. The van der Waals surface area contributed by atoms with Crippen molar-refractivity contribution in [3.05, 3.63) is 40.5 Å². The van der Waals surface area contributed by atoms with Gasteiger partial charge in [0.1, 0.15) is 11.8 Å². The number of rotatable bonds is 4. The molecular formula is C17H16N4O3S. The minimum atomic E-state index is -0.221. The largest absolute Gasteiger partial charge is 0.477 e. The van der Waals surface area contributed by atoms with Crippen molar-refractivity contribution in [3.8, 4) is 11.9 Å². The lowest BCUT2D eigenvalue weighted by Gasteiger charge is -2.26. The minimum absolute atomic E-state index is 0.0356. The molecule has 0 spiro atoms. The Balaban J connectivity index is 1.45. The maximum atomic E-state index is 12.6. The Morgan fingerprint density at radius 3 is 3.16 bits per heavy atom. The first-order chi connectivity index (χ1) is 12.2. The van der Waals surface area contributed by atoms with Crippen LogP contribution in [-0.4, -0.2) is 53.7 Å². The normalized spacial score (nSPS) is 24.8. The summed E-state index contributed by atoms with van der Waals surface area (Å²) in [4.78, 5) is 22.7. The van der Waals surface area contributed by atoms with Crippen LogP contribution in [0.25, 0.3) is 0 Å². The van der Waals surface area contributed by atoms with Crippen LogP contribution in [0.1, 0.15) is 16.1 Å². The molecule has 7 nitrogen and oxygen atoms in total. The molecule has 0 radical (unpaired) electrons. The van der Waals surface area contributed by atoms with Gasteiger partial charge in [-0.05, 0) is 6.07 Å².